The molecule has 0 bridgehead atoms. The van der Waals surface area contributed by atoms with Crippen molar-refractivity contribution in [2.45, 2.75) is 0 Å². The molecule has 0 aliphatic rings. The number of oxazole rings is 1. The molecular weight excluding hydrogens is 609 g/mol. The SMILES string of the molecule is c1ccc(-c2nc3cc4sc5c(-c6ccc(N(c7ccccc7)c7ccc8oc9ccccc9c8c7)cc6)cccc5c4cc3o2)cc1. The number of furan rings is 1. The van der Waals surface area contributed by atoms with E-state index in [1.165, 1.54) is 31.3 Å². The van der Waals surface area contributed by atoms with Crippen LogP contribution in [0.1, 0.15) is 0 Å². The average molecular weight is 635 g/mol. The van der Waals surface area contributed by atoms with Crippen LogP contribution in [0, 0.1) is 0 Å². The van der Waals surface area contributed by atoms with Crippen molar-refractivity contribution in [2.75, 3.05) is 4.90 Å². The molecule has 0 atom stereocenters. The number of aromatic nitrogens is 1. The number of benzene rings is 7. The highest BCUT2D eigenvalue weighted by atomic mass is 32.1. The first-order valence-corrected chi connectivity index (χ1v) is 16.8. The molecule has 0 N–H and O–H groups in total. The van der Waals surface area contributed by atoms with Gasteiger partial charge in [0.15, 0.2) is 5.58 Å². The van der Waals surface area contributed by atoms with Crippen LogP contribution in [0.25, 0.3) is 75.8 Å². The molecule has 5 heteroatoms. The third-order valence-corrected chi connectivity index (χ3v) is 10.3. The molecule has 48 heavy (non-hydrogen) atoms. The molecule has 0 radical (unpaired) electrons. The number of thiophene rings is 1. The van der Waals surface area contributed by atoms with Gasteiger partial charge in [-0.3, -0.25) is 0 Å². The van der Waals surface area contributed by atoms with Crippen molar-refractivity contribution < 1.29 is 8.83 Å². The summed E-state index contributed by atoms with van der Waals surface area (Å²) in [7, 11) is 0. The van der Waals surface area contributed by atoms with Gasteiger partial charge >= 0.3 is 0 Å². The summed E-state index contributed by atoms with van der Waals surface area (Å²) in [4.78, 5) is 7.12. The van der Waals surface area contributed by atoms with Crippen molar-refractivity contribution in [3.63, 3.8) is 0 Å². The Hall–Kier alpha value is -6.17. The number of fused-ring (bicyclic) bond motifs is 7. The fourth-order valence-corrected chi connectivity index (χ4v) is 8.07. The molecule has 3 heterocycles. The third-order valence-electron chi connectivity index (χ3n) is 9.10. The van der Waals surface area contributed by atoms with Crippen molar-refractivity contribution in [1.82, 2.24) is 4.98 Å². The van der Waals surface area contributed by atoms with Gasteiger partial charge in [-0.15, -0.1) is 11.3 Å². The lowest BCUT2D eigenvalue weighted by Crippen LogP contribution is -2.09. The molecule has 0 fully saturated rings. The number of hydrogen-bond acceptors (Lipinski definition) is 5. The highest BCUT2D eigenvalue weighted by Gasteiger charge is 2.18. The van der Waals surface area contributed by atoms with Gasteiger partial charge in [-0.25, -0.2) is 4.98 Å². The molecule has 0 spiro atoms. The highest BCUT2D eigenvalue weighted by Crippen LogP contribution is 2.43. The zero-order chi connectivity index (χ0) is 31.6. The predicted molar refractivity (Wildman–Crippen MR) is 200 cm³/mol. The monoisotopic (exact) mass is 634 g/mol. The summed E-state index contributed by atoms with van der Waals surface area (Å²) < 4.78 is 14.8. The van der Waals surface area contributed by atoms with Crippen LogP contribution < -0.4 is 4.90 Å². The largest absolute Gasteiger partial charge is 0.456 e. The van der Waals surface area contributed by atoms with Gasteiger partial charge in [-0.2, -0.15) is 0 Å². The maximum atomic E-state index is 6.23. The molecule has 7 aromatic carbocycles. The fourth-order valence-electron chi connectivity index (χ4n) is 6.82. The summed E-state index contributed by atoms with van der Waals surface area (Å²) in [6, 6.07) is 55.0. The quantitative estimate of drug-likeness (QED) is 0.189. The first-order chi connectivity index (χ1) is 23.8. The van der Waals surface area contributed by atoms with E-state index in [-0.39, 0.29) is 0 Å². The Bertz CT molecular complexity index is 2780. The molecule has 0 saturated heterocycles. The highest BCUT2D eigenvalue weighted by molar-refractivity contribution is 7.26. The van der Waals surface area contributed by atoms with Crippen LogP contribution in [-0.4, -0.2) is 4.98 Å². The van der Waals surface area contributed by atoms with Crippen LogP contribution in [0.5, 0.6) is 0 Å². The second-order valence-electron chi connectivity index (χ2n) is 12.0. The minimum Gasteiger partial charge on any atom is -0.456 e. The summed E-state index contributed by atoms with van der Waals surface area (Å²) in [5.41, 5.74) is 10.1. The van der Waals surface area contributed by atoms with Gasteiger partial charge in [0.05, 0.1) is 0 Å². The number of nitrogens with zero attached hydrogens (tertiary/aromatic N) is 2. The lowest BCUT2D eigenvalue weighted by molar-refractivity contribution is 0.620. The molecule has 0 unspecified atom stereocenters. The lowest BCUT2D eigenvalue weighted by atomic mass is 10.0. The molecule has 0 amide bonds. The Balaban J connectivity index is 1.06. The summed E-state index contributed by atoms with van der Waals surface area (Å²) in [6.45, 7) is 0. The van der Waals surface area contributed by atoms with E-state index in [1.807, 2.05) is 53.8 Å². The Morgan fingerprint density at radius 2 is 1.17 bits per heavy atom. The van der Waals surface area contributed by atoms with E-state index in [9.17, 15) is 0 Å². The zero-order valence-electron chi connectivity index (χ0n) is 25.6. The fraction of sp³-hybridized carbons (Fsp3) is 0. The van der Waals surface area contributed by atoms with Crippen molar-refractivity contribution in [3.05, 3.63) is 158 Å². The second kappa shape index (κ2) is 10.7. The lowest BCUT2D eigenvalue weighted by Gasteiger charge is -2.25. The number of hydrogen-bond donors (Lipinski definition) is 0. The van der Waals surface area contributed by atoms with Crippen LogP contribution in [-0.2, 0) is 0 Å². The number of para-hydroxylation sites is 2. The molecule has 10 aromatic rings. The van der Waals surface area contributed by atoms with Gasteiger partial charge in [0.1, 0.15) is 16.7 Å². The molecular formula is C43H26N2O2S. The first kappa shape index (κ1) is 27.0. The van der Waals surface area contributed by atoms with Gasteiger partial charge in [0.2, 0.25) is 5.89 Å². The van der Waals surface area contributed by atoms with E-state index < -0.39 is 0 Å². The molecule has 0 aliphatic heterocycles. The number of rotatable bonds is 5. The van der Waals surface area contributed by atoms with Gasteiger partial charge in [0, 0.05) is 53.6 Å². The minimum atomic E-state index is 0.649. The van der Waals surface area contributed by atoms with Crippen LogP contribution in [0.4, 0.5) is 17.1 Å². The van der Waals surface area contributed by atoms with E-state index in [2.05, 4.69) is 120 Å². The van der Waals surface area contributed by atoms with Gasteiger partial charge in [0.25, 0.3) is 0 Å². The summed E-state index contributed by atoms with van der Waals surface area (Å²) >= 11 is 1.81. The van der Waals surface area contributed by atoms with Crippen molar-refractivity contribution in [3.8, 4) is 22.6 Å². The van der Waals surface area contributed by atoms with Gasteiger partial charge in [-0.1, -0.05) is 84.9 Å². The van der Waals surface area contributed by atoms with E-state index in [1.54, 1.807) is 0 Å². The minimum absolute atomic E-state index is 0.649. The predicted octanol–water partition coefficient (Wildman–Crippen LogP) is 12.9. The Morgan fingerprint density at radius 1 is 0.458 bits per heavy atom. The van der Waals surface area contributed by atoms with E-state index in [4.69, 9.17) is 13.8 Å². The van der Waals surface area contributed by atoms with Crippen LogP contribution >= 0.6 is 11.3 Å². The summed E-state index contributed by atoms with van der Waals surface area (Å²) in [5.74, 6) is 0.649. The van der Waals surface area contributed by atoms with Crippen molar-refractivity contribution in [1.29, 1.82) is 0 Å². The smallest absolute Gasteiger partial charge is 0.227 e. The Morgan fingerprint density at radius 3 is 2.02 bits per heavy atom. The third kappa shape index (κ3) is 4.33. The molecule has 0 aliphatic carbocycles. The van der Waals surface area contributed by atoms with Gasteiger partial charge < -0.3 is 13.7 Å². The normalized spacial score (nSPS) is 11.8. The zero-order valence-corrected chi connectivity index (χ0v) is 26.4. The Kier molecular flexibility index (Phi) is 6.01. The van der Waals surface area contributed by atoms with Crippen LogP contribution in [0.2, 0.25) is 0 Å². The molecule has 10 rings (SSSR count). The van der Waals surface area contributed by atoms with E-state index in [0.29, 0.717) is 5.89 Å². The summed E-state index contributed by atoms with van der Waals surface area (Å²) in [5, 5.41) is 4.64. The van der Waals surface area contributed by atoms with E-state index in [0.717, 1.165) is 55.7 Å². The van der Waals surface area contributed by atoms with E-state index >= 15 is 0 Å². The maximum absolute atomic E-state index is 6.23. The average Bonchev–Trinajstić information content (AvgIpc) is 3.84. The molecule has 0 saturated carbocycles. The molecule has 3 aromatic heterocycles. The second-order valence-corrected chi connectivity index (χ2v) is 13.0. The summed E-state index contributed by atoms with van der Waals surface area (Å²) in [6.07, 6.45) is 0. The van der Waals surface area contributed by atoms with Crippen LogP contribution in [0.3, 0.4) is 0 Å². The Labute approximate surface area is 279 Å². The molecule has 4 nitrogen and oxygen atoms in total. The number of anilines is 3. The topological polar surface area (TPSA) is 42.4 Å². The van der Waals surface area contributed by atoms with Gasteiger partial charge in [-0.05, 0) is 83.9 Å². The standard InChI is InChI=1S/C43H26N2O2S/c1-3-10-28(11-4-1)43-44-37-26-41-36(25-40(37)47-43)34-16-9-15-32(42(34)48-41)27-18-20-30(21-19-27)45(29-12-5-2-6-13-29)31-22-23-39-35(24-31)33-14-7-8-17-38(33)46-39/h1-26H. The molecule has 226 valence electrons. The maximum Gasteiger partial charge on any atom is 0.227 e. The van der Waals surface area contributed by atoms with Crippen LogP contribution in [0.15, 0.2) is 167 Å². The van der Waals surface area contributed by atoms with Crippen molar-refractivity contribution >= 4 is 81.6 Å². The van der Waals surface area contributed by atoms with Crippen molar-refractivity contribution in [2.24, 2.45) is 0 Å². The first-order valence-electron chi connectivity index (χ1n) is 15.9.